The first-order valence-corrected chi connectivity index (χ1v) is 6.87. The van der Waals surface area contributed by atoms with Crippen LogP contribution in [0.2, 0.25) is 0 Å². The Morgan fingerprint density at radius 1 is 1.24 bits per heavy atom. The van der Waals surface area contributed by atoms with Crippen LogP contribution in [0, 0.1) is 5.92 Å². The van der Waals surface area contributed by atoms with Gasteiger partial charge in [0.25, 0.3) is 0 Å². The summed E-state index contributed by atoms with van der Waals surface area (Å²) >= 11 is 0. The Morgan fingerprint density at radius 2 is 2.00 bits per heavy atom. The van der Waals surface area contributed by atoms with E-state index in [-0.39, 0.29) is 23.7 Å². The van der Waals surface area contributed by atoms with Crippen molar-refractivity contribution in [3.05, 3.63) is 0 Å². The molecule has 3 rings (SSSR count). The van der Waals surface area contributed by atoms with Crippen molar-refractivity contribution in [1.29, 1.82) is 0 Å². The van der Waals surface area contributed by atoms with E-state index in [0.29, 0.717) is 13.2 Å². The topological polar surface area (TPSA) is 47.6 Å². The van der Waals surface area contributed by atoms with Crippen LogP contribution in [0.25, 0.3) is 0 Å². The second-order valence-corrected chi connectivity index (χ2v) is 5.54. The minimum absolute atomic E-state index is 0.0517. The summed E-state index contributed by atoms with van der Waals surface area (Å²) in [5.41, 5.74) is 0. The van der Waals surface area contributed by atoms with Crippen LogP contribution in [0.5, 0.6) is 0 Å². The van der Waals surface area contributed by atoms with Gasteiger partial charge in [-0.25, -0.2) is 0 Å². The summed E-state index contributed by atoms with van der Waals surface area (Å²) in [5.74, 6) is 0.159. The number of ether oxygens (including phenoxy) is 2. The Bertz CT molecular complexity index is 295. The Balaban J connectivity index is 1.44. The van der Waals surface area contributed by atoms with Gasteiger partial charge in [0.1, 0.15) is 6.10 Å². The average Bonchev–Trinajstić information content (AvgIpc) is 3.13. The van der Waals surface area contributed by atoms with E-state index >= 15 is 0 Å². The first-order valence-electron chi connectivity index (χ1n) is 6.87. The molecule has 4 nitrogen and oxygen atoms in total. The number of rotatable bonds is 3. The van der Waals surface area contributed by atoms with Crippen molar-refractivity contribution in [2.45, 2.75) is 56.8 Å². The van der Waals surface area contributed by atoms with Gasteiger partial charge in [-0.05, 0) is 25.7 Å². The van der Waals surface area contributed by atoms with Gasteiger partial charge in [0.15, 0.2) is 5.79 Å². The molecule has 1 saturated heterocycles. The van der Waals surface area contributed by atoms with Crippen molar-refractivity contribution < 1.29 is 14.3 Å². The minimum atomic E-state index is -0.312. The molecule has 1 unspecified atom stereocenters. The zero-order chi connectivity index (χ0) is 11.7. The van der Waals surface area contributed by atoms with E-state index in [1.807, 2.05) is 0 Å². The van der Waals surface area contributed by atoms with Gasteiger partial charge in [0.05, 0.1) is 6.61 Å². The lowest BCUT2D eigenvalue weighted by molar-refractivity contribution is -0.186. The average molecular weight is 239 g/mol. The summed E-state index contributed by atoms with van der Waals surface area (Å²) in [6.45, 7) is 1.24. The molecule has 96 valence electrons. The van der Waals surface area contributed by atoms with E-state index in [1.54, 1.807) is 0 Å². The van der Waals surface area contributed by atoms with E-state index in [4.69, 9.17) is 9.47 Å². The molecule has 2 saturated carbocycles. The van der Waals surface area contributed by atoms with Gasteiger partial charge in [0, 0.05) is 25.3 Å². The molecule has 1 atom stereocenters. The molecule has 1 aliphatic heterocycles. The maximum absolute atomic E-state index is 11.5. The van der Waals surface area contributed by atoms with E-state index in [2.05, 4.69) is 5.32 Å². The zero-order valence-electron chi connectivity index (χ0n) is 10.2. The Hall–Kier alpha value is -0.610. The summed E-state index contributed by atoms with van der Waals surface area (Å²) < 4.78 is 11.8. The summed E-state index contributed by atoms with van der Waals surface area (Å²) in [5, 5.41) is 2.96. The molecule has 1 N–H and O–H groups in total. The number of hydrogen-bond donors (Lipinski definition) is 1. The molecule has 0 radical (unpaired) electrons. The van der Waals surface area contributed by atoms with Gasteiger partial charge >= 0.3 is 0 Å². The molecular weight excluding hydrogens is 218 g/mol. The second-order valence-electron chi connectivity index (χ2n) is 5.54. The van der Waals surface area contributed by atoms with Gasteiger partial charge in [-0.2, -0.15) is 0 Å². The Morgan fingerprint density at radius 3 is 2.71 bits per heavy atom. The highest BCUT2D eigenvalue weighted by Gasteiger charge is 2.42. The van der Waals surface area contributed by atoms with Crippen LogP contribution in [0.1, 0.15) is 44.9 Å². The molecule has 1 heterocycles. The molecule has 1 amide bonds. The SMILES string of the molecule is O=C(NCC1COC2(CCCCC2)O1)C1CC1. The van der Waals surface area contributed by atoms with Crippen LogP contribution in [-0.2, 0) is 14.3 Å². The lowest BCUT2D eigenvalue weighted by Crippen LogP contribution is -2.37. The van der Waals surface area contributed by atoms with E-state index < -0.39 is 0 Å². The van der Waals surface area contributed by atoms with Crippen LogP contribution < -0.4 is 5.32 Å². The maximum Gasteiger partial charge on any atom is 0.223 e. The lowest BCUT2D eigenvalue weighted by atomic mass is 9.94. The first-order chi connectivity index (χ1) is 8.27. The molecule has 3 aliphatic rings. The maximum atomic E-state index is 11.5. The molecule has 2 aliphatic carbocycles. The first kappa shape index (κ1) is 11.5. The van der Waals surface area contributed by atoms with Crippen LogP contribution in [0.3, 0.4) is 0 Å². The van der Waals surface area contributed by atoms with Gasteiger partial charge in [-0.3, -0.25) is 4.79 Å². The van der Waals surface area contributed by atoms with Crippen LogP contribution in [-0.4, -0.2) is 30.9 Å². The van der Waals surface area contributed by atoms with Gasteiger partial charge in [-0.1, -0.05) is 6.42 Å². The van der Waals surface area contributed by atoms with Gasteiger partial charge < -0.3 is 14.8 Å². The van der Waals surface area contributed by atoms with Gasteiger partial charge in [-0.15, -0.1) is 0 Å². The monoisotopic (exact) mass is 239 g/mol. The lowest BCUT2D eigenvalue weighted by Gasteiger charge is -2.31. The fraction of sp³-hybridized carbons (Fsp3) is 0.923. The minimum Gasteiger partial charge on any atom is -0.353 e. The van der Waals surface area contributed by atoms with Crippen molar-refractivity contribution in [2.24, 2.45) is 5.92 Å². The molecule has 0 aromatic carbocycles. The van der Waals surface area contributed by atoms with Crippen LogP contribution in [0.4, 0.5) is 0 Å². The quantitative estimate of drug-likeness (QED) is 0.813. The number of hydrogen-bond acceptors (Lipinski definition) is 3. The largest absolute Gasteiger partial charge is 0.353 e. The predicted octanol–water partition coefficient (Wildman–Crippen LogP) is 1.59. The molecule has 17 heavy (non-hydrogen) atoms. The third-order valence-corrected chi connectivity index (χ3v) is 3.98. The van der Waals surface area contributed by atoms with Crippen LogP contribution >= 0.6 is 0 Å². The number of nitrogens with one attached hydrogen (secondary N) is 1. The molecule has 1 spiro atoms. The van der Waals surface area contributed by atoms with Crippen molar-refractivity contribution in [3.8, 4) is 0 Å². The Labute approximate surface area is 102 Å². The standard InChI is InChI=1S/C13H21NO3/c15-12(10-4-5-10)14-8-11-9-16-13(17-11)6-2-1-3-7-13/h10-11H,1-9H2,(H,14,15). The predicted molar refractivity (Wildman–Crippen MR) is 62.4 cm³/mol. The summed E-state index contributed by atoms with van der Waals surface area (Å²) in [6, 6.07) is 0. The highest BCUT2D eigenvalue weighted by atomic mass is 16.7. The fourth-order valence-electron chi connectivity index (χ4n) is 2.77. The molecule has 3 fully saturated rings. The highest BCUT2D eigenvalue weighted by molar-refractivity contribution is 5.80. The zero-order valence-corrected chi connectivity index (χ0v) is 10.2. The smallest absolute Gasteiger partial charge is 0.223 e. The molecule has 4 heteroatoms. The van der Waals surface area contributed by atoms with E-state index in [1.165, 1.54) is 19.3 Å². The summed E-state index contributed by atoms with van der Waals surface area (Å²) in [4.78, 5) is 11.5. The van der Waals surface area contributed by atoms with Crippen LogP contribution in [0.15, 0.2) is 0 Å². The molecule has 0 aromatic heterocycles. The Kier molecular flexibility index (Phi) is 3.09. The second kappa shape index (κ2) is 4.58. The molecule has 0 aromatic rings. The molecule has 0 bridgehead atoms. The number of amides is 1. The fourth-order valence-corrected chi connectivity index (χ4v) is 2.77. The van der Waals surface area contributed by atoms with E-state index in [0.717, 1.165) is 25.7 Å². The normalized spacial score (nSPS) is 31.6. The summed E-state index contributed by atoms with van der Waals surface area (Å²) in [7, 11) is 0. The van der Waals surface area contributed by atoms with Crippen molar-refractivity contribution in [3.63, 3.8) is 0 Å². The third kappa shape index (κ3) is 2.63. The summed E-state index contributed by atoms with van der Waals surface area (Å²) in [6.07, 6.45) is 7.87. The van der Waals surface area contributed by atoms with Crippen molar-refractivity contribution in [1.82, 2.24) is 5.32 Å². The van der Waals surface area contributed by atoms with Crippen molar-refractivity contribution in [2.75, 3.05) is 13.2 Å². The van der Waals surface area contributed by atoms with Crippen molar-refractivity contribution >= 4 is 5.91 Å². The van der Waals surface area contributed by atoms with E-state index in [9.17, 15) is 4.79 Å². The van der Waals surface area contributed by atoms with Gasteiger partial charge in [0.2, 0.25) is 5.91 Å². The number of carbonyl (C=O) groups excluding carboxylic acids is 1. The number of carbonyl (C=O) groups is 1. The molecular formula is C13H21NO3. The highest BCUT2D eigenvalue weighted by Crippen LogP contribution is 2.37. The third-order valence-electron chi connectivity index (χ3n) is 3.98.